The van der Waals surface area contributed by atoms with Gasteiger partial charge in [0, 0.05) is 63.8 Å². The zero-order valence-corrected chi connectivity index (χ0v) is 34.2. The molecule has 8 N–H and O–H groups in total. The molecule has 0 aromatic rings. The molecule has 0 aromatic carbocycles. The number of unbranched alkanes of at least 4 members (excludes halogenated alkanes) is 3. The van der Waals surface area contributed by atoms with Crippen LogP contribution < -0.4 is 32.7 Å². The van der Waals surface area contributed by atoms with Gasteiger partial charge in [-0.1, -0.05) is 72.6 Å². The normalized spacial score (nSPS) is 31.8. The molecule has 2 aliphatic heterocycles. The summed E-state index contributed by atoms with van der Waals surface area (Å²) in [5, 5.41) is 12.9. The molecule has 3 aliphatic rings. The van der Waals surface area contributed by atoms with Crippen molar-refractivity contribution in [1.82, 2.24) is 31.1 Å². The lowest BCUT2D eigenvalue weighted by Crippen LogP contribution is -2.64. The molecule has 2 heterocycles. The fraction of sp³-hybridized carbons (Fsp3) is 0.900. The van der Waals surface area contributed by atoms with Gasteiger partial charge in [0.2, 0.25) is 23.6 Å². The molecule has 2 unspecified atom stereocenters. The van der Waals surface area contributed by atoms with Gasteiger partial charge in [0.05, 0.1) is 24.7 Å². The third kappa shape index (κ3) is 14.4. The highest BCUT2D eigenvalue weighted by Gasteiger charge is 2.37. The topological polar surface area (TPSA) is 184 Å². The fourth-order valence-corrected chi connectivity index (χ4v) is 8.46. The molecule has 4 amide bonds. The maximum absolute atomic E-state index is 14.2. The van der Waals surface area contributed by atoms with Crippen LogP contribution in [0.3, 0.4) is 0 Å². The number of rotatable bonds is 12. The maximum atomic E-state index is 14.2. The van der Waals surface area contributed by atoms with Crippen molar-refractivity contribution in [1.29, 1.82) is 0 Å². The van der Waals surface area contributed by atoms with Crippen molar-refractivity contribution in [3.63, 3.8) is 0 Å². The average molecular weight is 749 g/mol. The third-order valence-corrected chi connectivity index (χ3v) is 11.8. The Morgan fingerprint density at radius 3 is 2.17 bits per heavy atom. The molecule has 53 heavy (non-hydrogen) atoms. The number of carbonyl (C=O) groups is 4. The van der Waals surface area contributed by atoms with Crippen LogP contribution in [0.5, 0.6) is 0 Å². The van der Waals surface area contributed by atoms with Crippen molar-refractivity contribution < 1.29 is 23.9 Å². The molecule has 1 aliphatic carbocycles. The van der Waals surface area contributed by atoms with Crippen LogP contribution >= 0.6 is 0 Å². The van der Waals surface area contributed by atoms with Crippen molar-refractivity contribution >= 4 is 23.6 Å². The van der Waals surface area contributed by atoms with Gasteiger partial charge in [-0.05, 0) is 63.8 Å². The molecule has 1 saturated carbocycles. The predicted molar refractivity (Wildman–Crippen MR) is 211 cm³/mol. The molecule has 3 rings (SSSR count). The second kappa shape index (κ2) is 22.9. The van der Waals surface area contributed by atoms with E-state index in [1.54, 1.807) is 4.90 Å². The van der Waals surface area contributed by atoms with Gasteiger partial charge < -0.3 is 47.3 Å². The van der Waals surface area contributed by atoms with Crippen LogP contribution in [0.2, 0.25) is 0 Å². The zero-order valence-electron chi connectivity index (χ0n) is 34.2. The van der Waals surface area contributed by atoms with Crippen LogP contribution in [-0.2, 0) is 23.9 Å². The van der Waals surface area contributed by atoms with E-state index < -0.39 is 18.0 Å². The molecular weight excluding hydrogens is 672 g/mol. The van der Waals surface area contributed by atoms with Gasteiger partial charge in [0.15, 0.2) is 0 Å². The largest absolute Gasteiger partial charge is 0.375 e. The van der Waals surface area contributed by atoms with Crippen molar-refractivity contribution in [3.05, 3.63) is 0 Å². The summed E-state index contributed by atoms with van der Waals surface area (Å²) in [4.78, 5) is 59.8. The Bertz CT molecular complexity index is 1130. The summed E-state index contributed by atoms with van der Waals surface area (Å²) in [7, 11) is 1.82. The SMILES string of the molecule is CCCCCC[C@H]1OC[C@@H](C)NC(=O)C(CN2CC(CN)C2)NC(=O)[C@H](CN)NC(C)[C@H](C2CCCCC2)NC(=O)C[C@H](CC(C)C)N(C)C(=O)[C@@H]1C. The number of hydrogen-bond acceptors (Lipinski definition) is 9. The number of ether oxygens (including phenoxy) is 1. The smallest absolute Gasteiger partial charge is 0.244 e. The second-order valence-corrected chi connectivity index (χ2v) is 17.0. The van der Waals surface area contributed by atoms with Crippen LogP contribution in [-0.4, -0.2) is 122 Å². The van der Waals surface area contributed by atoms with Gasteiger partial charge in [-0.15, -0.1) is 0 Å². The van der Waals surface area contributed by atoms with Crippen LogP contribution in [0, 0.1) is 23.7 Å². The number of hydrogen-bond donors (Lipinski definition) is 6. The molecule has 0 bridgehead atoms. The molecule has 0 spiro atoms. The van der Waals surface area contributed by atoms with E-state index in [0.717, 1.165) is 70.9 Å². The van der Waals surface area contributed by atoms with Crippen molar-refractivity contribution in [2.24, 2.45) is 35.1 Å². The second-order valence-electron chi connectivity index (χ2n) is 17.0. The van der Waals surface area contributed by atoms with E-state index in [1.165, 1.54) is 6.42 Å². The minimum Gasteiger partial charge on any atom is -0.375 e. The van der Waals surface area contributed by atoms with E-state index in [0.29, 0.717) is 25.4 Å². The van der Waals surface area contributed by atoms with Gasteiger partial charge in [-0.3, -0.25) is 19.2 Å². The van der Waals surface area contributed by atoms with Crippen LogP contribution in [0.4, 0.5) is 0 Å². The molecule has 2 saturated heterocycles. The van der Waals surface area contributed by atoms with Gasteiger partial charge >= 0.3 is 0 Å². The minimum atomic E-state index is -0.814. The molecule has 13 nitrogen and oxygen atoms in total. The zero-order chi connectivity index (χ0) is 39.1. The average Bonchev–Trinajstić information content (AvgIpc) is 3.11. The van der Waals surface area contributed by atoms with Crippen LogP contribution in [0.25, 0.3) is 0 Å². The monoisotopic (exact) mass is 749 g/mol. The van der Waals surface area contributed by atoms with E-state index in [2.05, 4.69) is 46.9 Å². The number of likely N-dealkylation sites (tertiary alicyclic amines) is 1. The Labute approximate surface area is 320 Å². The van der Waals surface area contributed by atoms with Gasteiger partial charge in [-0.25, -0.2) is 0 Å². The number of carbonyl (C=O) groups excluding carboxylic acids is 4. The minimum absolute atomic E-state index is 0.0280. The first kappa shape index (κ1) is 45.1. The summed E-state index contributed by atoms with van der Waals surface area (Å²) >= 11 is 0. The van der Waals surface area contributed by atoms with Gasteiger partial charge in [-0.2, -0.15) is 0 Å². The summed E-state index contributed by atoms with van der Waals surface area (Å²) in [6, 6.07) is -2.73. The highest BCUT2D eigenvalue weighted by molar-refractivity contribution is 5.90. The number of nitrogens with one attached hydrogen (secondary N) is 4. The van der Waals surface area contributed by atoms with Crippen LogP contribution in [0.1, 0.15) is 119 Å². The van der Waals surface area contributed by atoms with Crippen molar-refractivity contribution in [3.8, 4) is 0 Å². The highest BCUT2D eigenvalue weighted by Crippen LogP contribution is 2.29. The molecule has 13 heteroatoms. The Morgan fingerprint density at radius 1 is 0.868 bits per heavy atom. The Morgan fingerprint density at radius 2 is 1.55 bits per heavy atom. The summed E-state index contributed by atoms with van der Waals surface area (Å²) in [5.41, 5.74) is 12.1. The molecule has 3 fully saturated rings. The summed E-state index contributed by atoms with van der Waals surface area (Å²) < 4.78 is 6.48. The first-order chi connectivity index (χ1) is 25.3. The first-order valence-electron chi connectivity index (χ1n) is 20.9. The Balaban J connectivity index is 1.96. The number of nitrogens with zero attached hydrogens (tertiary/aromatic N) is 2. The molecular formula is C40H76N8O5. The number of nitrogens with two attached hydrogens (primary N) is 2. The van der Waals surface area contributed by atoms with Crippen molar-refractivity contribution in [2.45, 2.75) is 161 Å². The molecule has 0 aromatic heterocycles. The maximum Gasteiger partial charge on any atom is 0.244 e. The lowest BCUT2D eigenvalue weighted by Gasteiger charge is -2.41. The van der Waals surface area contributed by atoms with E-state index in [9.17, 15) is 19.2 Å². The summed E-state index contributed by atoms with van der Waals surface area (Å²) in [6.07, 6.45) is 10.8. The van der Waals surface area contributed by atoms with Gasteiger partial charge in [0.1, 0.15) is 6.04 Å². The lowest BCUT2D eigenvalue weighted by atomic mass is 9.81. The number of amides is 4. The summed E-state index contributed by atoms with van der Waals surface area (Å²) in [6.45, 7) is 14.9. The third-order valence-electron chi connectivity index (χ3n) is 11.8. The van der Waals surface area contributed by atoms with Crippen LogP contribution in [0.15, 0.2) is 0 Å². The molecule has 306 valence electrons. The van der Waals surface area contributed by atoms with E-state index in [1.807, 2.05) is 27.8 Å². The van der Waals surface area contributed by atoms with E-state index >= 15 is 0 Å². The first-order valence-corrected chi connectivity index (χ1v) is 20.9. The summed E-state index contributed by atoms with van der Waals surface area (Å²) in [5.74, 6) is -0.319. The lowest BCUT2D eigenvalue weighted by molar-refractivity contribution is -0.143. The molecule has 8 atom stereocenters. The van der Waals surface area contributed by atoms with E-state index in [4.69, 9.17) is 16.2 Å². The standard InChI is InChI=1S/C40H76N8O5/c1-8-9-10-14-17-35-28(5)40(52)47(7)32(18-26(2)3)19-36(49)46-37(31-15-12-11-13-16-31)29(6)44-33(21-42)38(50)45-34(24-48-22-30(20-41)23-48)39(51)43-27(4)25-53-35/h26-35,37,44H,8-25,41-42H2,1-7H3,(H,43,51)(H,45,50)(H,46,49)/t27-,28-,29?,32+,33+,34?,35-,37-/m1/s1. The molecule has 0 radical (unpaired) electrons. The van der Waals surface area contributed by atoms with Gasteiger partial charge in [0.25, 0.3) is 0 Å². The highest BCUT2D eigenvalue weighted by atomic mass is 16.5. The van der Waals surface area contributed by atoms with E-state index in [-0.39, 0.29) is 85.3 Å². The Kier molecular flexibility index (Phi) is 19.5. The Hall–Kier alpha value is -2.32. The van der Waals surface area contributed by atoms with Crippen molar-refractivity contribution in [2.75, 3.05) is 46.4 Å². The fourth-order valence-electron chi connectivity index (χ4n) is 8.46. The predicted octanol–water partition coefficient (Wildman–Crippen LogP) is 2.51. The quantitative estimate of drug-likeness (QED) is 0.163.